The van der Waals surface area contributed by atoms with E-state index < -0.39 is 4.92 Å². The van der Waals surface area contributed by atoms with E-state index in [0.717, 1.165) is 12.0 Å². The first-order valence-corrected chi connectivity index (χ1v) is 5.85. The van der Waals surface area contributed by atoms with Crippen molar-refractivity contribution in [3.05, 3.63) is 39.4 Å². The lowest BCUT2D eigenvalue weighted by molar-refractivity contribution is -0.385. The molecular formula is C12H15N3O3. The van der Waals surface area contributed by atoms with Crippen LogP contribution < -0.4 is 5.32 Å². The van der Waals surface area contributed by atoms with Gasteiger partial charge in [-0.1, -0.05) is 12.1 Å². The van der Waals surface area contributed by atoms with Crippen LogP contribution in [0.5, 0.6) is 0 Å². The van der Waals surface area contributed by atoms with Crippen molar-refractivity contribution in [1.29, 1.82) is 0 Å². The maximum atomic E-state index is 11.6. The average molecular weight is 249 g/mol. The summed E-state index contributed by atoms with van der Waals surface area (Å²) in [6.07, 6.45) is 0.902. The third-order valence-corrected chi connectivity index (χ3v) is 3.14. The molecule has 0 aliphatic carbocycles. The minimum absolute atomic E-state index is 0.102. The van der Waals surface area contributed by atoms with Crippen molar-refractivity contribution in [2.45, 2.75) is 19.9 Å². The van der Waals surface area contributed by atoms with E-state index in [1.807, 2.05) is 6.07 Å². The fraction of sp³-hybridized carbons (Fsp3) is 0.417. The van der Waals surface area contributed by atoms with Crippen LogP contribution in [0.2, 0.25) is 0 Å². The number of nitrogens with one attached hydrogen (secondary N) is 1. The summed E-state index contributed by atoms with van der Waals surface area (Å²) >= 11 is 0. The number of benzene rings is 1. The summed E-state index contributed by atoms with van der Waals surface area (Å²) in [5.41, 5.74) is 1.55. The van der Waals surface area contributed by atoms with Gasteiger partial charge in [0.15, 0.2) is 0 Å². The summed E-state index contributed by atoms with van der Waals surface area (Å²) in [4.78, 5) is 23.7. The summed E-state index contributed by atoms with van der Waals surface area (Å²) in [5, 5.41) is 13.6. The van der Waals surface area contributed by atoms with E-state index in [2.05, 4.69) is 5.32 Å². The van der Waals surface area contributed by atoms with E-state index >= 15 is 0 Å². The third-order valence-electron chi connectivity index (χ3n) is 3.14. The lowest BCUT2D eigenvalue weighted by Gasteiger charge is -2.27. The molecule has 1 N–H and O–H groups in total. The molecule has 0 radical (unpaired) electrons. The van der Waals surface area contributed by atoms with Gasteiger partial charge in [0.1, 0.15) is 0 Å². The largest absolute Gasteiger partial charge is 0.338 e. The van der Waals surface area contributed by atoms with Crippen LogP contribution >= 0.6 is 0 Å². The first-order valence-electron chi connectivity index (χ1n) is 5.85. The summed E-state index contributed by atoms with van der Waals surface area (Å²) < 4.78 is 0. The number of carbonyl (C=O) groups is 1. The summed E-state index contributed by atoms with van der Waals surface area (Å²) in [6.45, 7) is 3.52. The molecular weight excluding hydrogens is 234 g/mol. The van der Waals surface area contributed by atoms with Crippen molar-refractivity contribution in [3.63, 3.8) is 0 Å². The van der Waals surface area contributed by atoms with Crippen LogP contribution in [0.1, 0.15) is 17.5 Å². The molecule has 0 aromatic heterocycles. The molecule has 0 spiro atoms. The third kappa shape index (κ3) is 2.42. The number of urea groups is 1. The Kier molecular flexibility index (Phi) is 3.45. The molecule has 6 nitrogen and oxygen atoms in total. The number of nitro groups is 1. The lowest BCUT2D eigenvalue weighted by Crippen LogP contribution is -2.45. The van der Waals surface area contributed by atoms with Crippen molar-refractivity contribution in [2.75, 3.05) is 13.1 Å². The van der Waals surface area contributed by atoms with E-state index in [4.69, 9.17) is 0 Å². The topological polar surface area (TPSA) is 75.5 Å². The van der Waals surface area contributed by atoms with Crippen LogP contribution in [0.25, 0.3) is 0 Å². The predicted octanol–water partition coefficient (Wildman–Crippen LogP) is 1.82. The fourth-order valence-electron chi connectivity index (χ4n) is 2.07. The van der Waals surface area contributed by atoms with Crippen molar-refractivity contribution < 1.29 is 9.72 Å². The molecule has 1 aliphatic rings. The Morgan fingerprint density at radius 1 is 1.50 bits per heavy atom. The minimum Gasteiger partial charge on any atom is -0.338 e. The molecule has 1 fully saturated rings. The summed E-state index contributed by atoms with van der Waals surface area (Å²) in [5.74, 6) is 0. The van der Waals surface area contributed by atoms with Gasteiger partial charge in [-0.15, -0.1) is 0 Å². The van der Waals surface area contributed by atoms with Crippen molar-refractivity contribution >= 4 is 11.7 Å². The number of nitro benzene ring substituents is 1. The Bertz CT molecular complexity index is 487. The van der Waals surface area contributed by atoms with Crippen LogP contribution in [-0.4, -0.2) is 28.9 Å². The maximum absolute atomic E-state index is 11.6. The second kappa shape index (κ2) is 5.03. The Hall–Kier alpha value is -2.11. The highest BCUT2D eigenvalue weighted by Gasteiger charge is 2.20. The van der Waals surface area contributed by atoms with Gasteiger partial charge in [0.2, 0.25) is 0 Å². The van der Waals surface area contributed by atoms with Gasteiger partial charge >= 0.3 is 6.03 Å². The van der Waals surface area contributed by atoms with Gasteiger partial charge in [-0.3, -0.25) is 10.1 Å². The molecule has 0 unspecified atom stereocenters. The second-order valence-corrected chi connectivity index (χ2v) is 4.33. The minimum atomic E-state index is -0.394. The second-order valence-electron chi connectivity index (χ2n) is 4.33. The highest BCUT2D eigenvalue weighted by Crippen LogP contribution is 2.22. The number of hydrogen-bond acceptors (Lipinski definition) is 3. The van der Waals surface area contributed by atoms with Crippen LogP contribution in [0.3, 0.4) is 0 Å². The number of rotatable bonds is 3. The zero-order valence-electron chi connectivity index (χ0n) is 10.2. The Labute approximate surface area is 105 Å². The number of hydrogen-bond donors (Lipinski definition) is 1. The Morgan fingerprint density at radius 2 is 2.28 bits per heavy atom. The number of carbonyl (C=O) groups excluding carboxylic acids is 1. The molecule has 2 rings (SSSR count). The molecule has 96 valence electrons. The molecule has 6 heteroatoms. The Morgan fingerprint density at radius 3 is 2.94 bits per heavy atom. The zero-order valence-corrected chi connectivity index (χ0v) is 10.2. The van der Waals surface area contributed by atoms with Gasteiger partial charge in [-0.25, -0.2) is 4.79 Å². The summed E-state index contributed by atoms with van der Waals surface area (Å²) in [6, 6.07) is 4.86. The first kappa shape index (κ1) is 12.3. The highest BCUT2D eigenvalue weighted by atomic mass is 16.6. The monoisotopic (exact) mass is 249 g/mol. The molecule has 0 bridgehead atoms. The van der Waals surface area contributed by atoms with E-state index in [1.54, 1.807) is 17.9 Å². The fourth-order valence-corrected chi connectivity index (χ4v) is 2.07. The molecule has 1 saturated heterocycles. The molecule has 1 heterocycles. The van der Waals surface area contributed by atoms with Gasteiger partial charge in [-0.2, -0.15) is 0 Å². The van der Waals surface area contributed by atoms with Crippen molar-refractivity contribution in [1.82, 2.24) is 10.2 Å². The van der Waals surface area contributed by atoms with Crippen molar-refractivity contribution in [3.8, 4) is 0 Å². The van der Waals surface area contributed by atoms with Gasteiger partial charge in [0, 0.05) is 31.3 Å². The normalized spacial score (nSPS) is 15.4. The molecule has 0 atom stereocenters. The summed E-state index contributed by atoms with van der Waals surface area (Å²) in [7, 11) is 0. The van der Waals surface area contributed by atoms with E-state index in [1.165, 1.54) is 6.07 Å². The van der Waals surface area contributed by atoms with Crippen LogP contribution in [0.15, 0.2) is 18.2 Å². The average Bonchev–Trinajstić information content (AvgIpc) is 2.34. The maximum Gasteiger partial charge on any atom is 0.317 e. The van der Waals surface area contributed by atoms with Gasteiger partial charge in [-0.05, 0) is 18.9 Å². The van der Waals surface area contributed by atoms with E-state index in [9.17, 15) is 14.9 Å². The van der Waals surface area contributed by atoms with Crippen molar-refractivity contribution in [2.24, 2.45) is 0 Å². The zero-order chi connectivity index (χ0) is 13.1. The molecule has 1 aliphatic heterocycles. The molecule has 2 amide bonds. The molecule has 18 heavy (non-hydrogen) atoms. The van der Waals surface area contributed by atoms with E-state index in [-0.39, 0.29) is 11.7 Å². The van der Waals surface area contributed by atoms with Gasteiger partial charge < -0.3 is 10.2 Å². The van der Waals surface area contributed by atoms with Crippen LogP contribution in [-0.2, 0) is 6.54 Å². The lowest BCUT2D eigenvalue weighted by atomic mass is 10.1. The smallest absolute Gasteiger partial charge is 0.317 e. The van der Waals surface area contributed by atoms with Crippen LogP contribution in [0.4, 0.5) is 10.5 Å². The van der Waals surface area contributed by atoms with Crippen LogP contribution in [0, 0.1) is 17.0 Å². The standard InChI is InChI=1S/C12H15N3O3/c1-9-10(4-2-5-11(9)15(17)18)8-14-7-3-6-13-12(14)16/h2,4-5H,3,6-8H2,1H3,(H,13,16). The predicted molar refractivity (Wildman–Crippen MR) is 66.3 cm³/mol. The highest BCUT2D eigenvalue weighted by molar-refractivity contribution is 5.74. The number of nitrogens with zero attached hydrogens (tertiary/aromatic N) is 2. The molecule has 1 aromatic rings. The molecule has 0 saturated carbocycles. The van der Waals surface area contributed by atoms with Gasteiger partial charge in [0.25, 0.3) is 5.69 Å². The Balaban J connectivity index is 2.21. The van der Waals surface area contributed by atoms with Gasteiger partial charge in [0.05, 0.1) is 4.92 Å². The quantitative estimate of drug-likeness (QED) is 0.655. The molecule has 1 aromatic carbocycles. The first-order chi connectivity index (χ1) is 8.59. The van der Waals surface area contributed by atoms with E-state index in [0.29, 0.717) is 25.2 Å². The number of amides is 2. The SMILES string of the molecule is Cc1c(CN2CCCNC2=O)cccc1[N+](=O)[O-].